The van der Waals surface area contributed by atoms with Crippen molar-refractivity contribution in [3.63, 3.8) is 0 Å². The van der Waals surface area contributed by atoms with E-state index in [1.807, 2.05) is 36.4 Å². The first-order valence-electron chi connectivity index (χ1n) is 9.23. The molecule has 2 aromatic carbocycles. The zero-order valence-electron chi connectivity index (χ0n) is 15.5. The average Bonchev–Trinajstić information content (AvgIpc) is 3.10. The van der Waals surface area contributed by atoms with Crippen LogP contribution < -0.4 is 0 Å². The average molecular weight is 430 g/mol. The lowest BCUT2D eigenvalue weighted by molar-refractivity contribution is -0.141. The Morgan fingerprint density at radius 3 is 2.30 bits per heavy atom. The van der Waals surface area contributed by atoms with Gasteiger partial charge in [0.2, 0.25) is 0 Å². The molecule has 0 spiro atoms. The quantitative estimate of drug-likeness (QED) is 0.460. The number of aromatic nitrogens is 3. The van der Waals surface area contributed by atoms with E-state index in [2.05, 4.69) is 9.97 Å². The summed E-state index contributed by atoms with van der Waals surface area (Å²) in [4.78, 5) is 11.6. The Kier molecular flexibility index (Phi) is 4.34. The van der Waals surface area contributed by atoms with Gasteiger partial charge in [0.05, 0.1) is 29.7 Å². The molecule has 0 aliphatic carbocycles. The van der Waals surface area contributed by atoms with Crippen LogP contribution >= 0.6 is 11.6 Å². The molecule has 0 atom stereocenters. The molecule has 4 nitrogen and oxygen atoms in total. The van der Waals surface area contributed by atoms with Gasteiger partial charge in [-0.15, -0.1) is 0 Å². The number of nitrogens with zero attached hydrogens (tertiary/aromatic N) is 2. The van der Waals surface area contributed by atoms with Gasteiger partial charge in [-0.2, -0.15) is 13.2 Å². The van der Waals surface area contributed by atoms with E-state index < -0.39 is 17.3 Å². The topological polar surface area (TPSA) is 50.8 Å². The zero-order valence-corrected chi connectivity index (χ0v) is 16.3. The number of H-pyrrole nitrogens is 1. The second-order valence-corrected chi connectivity index (χ2v) is 7.77. The van der Waals surface area contributed by atoms with E-state index >= 15 is 0 Å². The highest BCUT2D eigenvalue weighted by molar-refractivity contribution is 6.31. The van der Waals surface area contributed by atoms with Gasteiger partial charge in [-0.3, -0.25) is 4.98 Å². The summed E-state index contributed by atoms with van der Waals surface area (Å²) in [5, 5.41) is 0.631. The Bertz CT molecular complexity index is 1210. The van der Waals surface area contributed by atoms with Gasteiger partial charge in [0.25, 0.3) is 0 Å². The third-order valence-electron chi connectivity index (χ3n) is 5.42. The monoisotopic (exact) mass is 429 g/mol. The predicted octanol–water partition coefficient (Wildman–Crippen LogP) is 5.61. The number of imidazole rings is 1. The van der Waals surface area contributed by atoms with E-state index in [1.54, 1.807) is 6.07 Å². The van der Waals surface area contributed by atoms with Gasteiger partial charge in [0, 0.05) is 16.8 Å². The van der Waals surface area contributed by atoms with Gasteiger partial charge in [0.15, 0.2) is 0 Å². The summed E-state index contributed by atoms with van der Waals surface area (Å²) in [5.74, 6) is 0.801. The van der Waals surface area contributed by atoms with Gasteiger partial charge in [0.1, 0.15) is 11.5 Å². The Labute approximate surface area is 174 Å². The fourth-order valence-corrected chi connectivity index (χ4v) is 3.84. The maximum Gasteiger partial charge on any atom is 0.433 e. The van der Waals surface area contributed by atoms with Crippen LogP contribution in [0.1, 0.15) is 17.1 Å². The van der Waals surface area contributed by atoms with Crippen molar-refractivity contribution < 1.29 is 17.9 Å². The molecule has 0 amide bonds. The van der Waals surface area contributed by atoms with E-state index in [0.717, 1.165) is 34.1 Å². The molecule has 8 heteroatoms. The van der Waals surface area contributed by atoms with Crippen molar-refractivity contribution in [2.75, 3.05) is 13.2 Å². The number of fused-ring (bicyclic) bond motifs is 1. The van der Waals surface area contributed by atoms with Crippen LogP contribution in [-0.4, -0.2) is 28.2 Å². The lowest BCUT2D eigenvalue weighted by atomic mass is 9.77. The Hall–Kier alpha value is -2.90. The van der Waals surface area contributed by atoms with E-state index in [0.29, 0.717) is 23.8 Å². The van der Waals surface area contributed by atoms with Crippen LogP contribution in [0.5, 0.6) is 0 Å². The normalized spacial score (nSPS) is 15.9. The smallest absolute Gasteiger partial charge is 0.378 e. The summed E-state index contributed by atoms with van der Waals surface area (Å²) < 4.78 is 43.7. The molecule has 1 fully saturated rings. The van der Waals surface area contributed by atoms with Crippen LogP contribution in [0.3, 0.4) is 0 Å². The van der Waals surface area contributed by atoms with E-state index in [9.17, 15) is 13.2 Å². The highest BCUT2D eigenvalue weighted by atomic mass is 35.5. The summed E-state index contributed by atoms with van der Waals surface area (Å²) in [5.41, 5.74) is 2.80. The summed E-state index contributed by atoms with van der Waals surface area (Å²) in [6, 6.07) is 15.6. The summed E-state index contributed by atoms with van der Waals surface area (Å²) in [6.45, 7) is 0.976. The van der Waals surface area contributed by atoms with Gasteiger partial charge in [-0.05, 0) is 35.4 Å². The van der Waals surface area contributed by atoms with Crippen LogP contribution in [0.4, 0.5) is 13.2 Å². The minimum Gasteiger partial charge on any atom is -0.378 e. The summed E-state index contributed by atoms with van der Waals surface area (Å²) in [6.07, 6.45) is -3.21. The number of aromatic amines is 1. The number of rotatable bonds is 3. The lowest BCUT2D eigenvalue weighted by Gasteiger charge is -2.40. The van der Waals surface area contributed by atoms with Crippen molar-refractivity contribution in [3.8, 4) is 11.1 Å². The standard InChI is InChI=1S/C22H15ClF3N3O/c23-16-6-7-17-18(9-16)29-20(28-17)21(11-30-12-21)15-4-1-13(2-5-15)14-3-8-19(27-10-14)22(24,25)26/h1-10H,11-12H2,(H,28,29). The van der Waals surface area contributed by atoms with Crippen LogP contribution in [0, 0.1) is 0 Å². The number of benzene rings is 2. The third-order valence-corrected chi connectivity index (χ3v) is 5.65. The maximum absolute atomic E-state index is 12.7. The van der Waals surface area contributed by atoms with Gasteiger partial charge < -0.3 is 9.72 Å². The van der Waals surface area contributed by atoms with Crippen LogP contribution in [0.25, 0.3) is 22.2 Å². The Morgan fingerprint density at radius 1 is 0.967 bits per heavy atom. The van der Waals surface area contributed by atoms with E-state index in [1.165, 1.54) is 12.3 Å². The molecule has 1 aliphatic heterocycles. The molecule has 30 heavy (non-hydrogen) atoms. The van der Waals surface area contributed by atoms with Crippen molar-refractivity contribution in [3.05, 3.63) is 82.9 Å². The van der Waals surface area contributed by atoms with Crippen molar-refractivity contribution >= 4 is 22.6 Å². The molecular weight excluding hydrogens is 415 g/mol. The molecule has 1 aliphatic rings. The number of ether oxygens (including phenoxy) is 1. The Morgan fingerprint density at radius 2 is 1.70 bits per heavy atom. The molecule has 4 aromatic rings. The molecule has 0 bridgehead atoms. The van der Waals surface area contributed by atoms with Crippen LogP contribution in [0.15, 0.2) is 60.8 Å². The number of alkyl halides is 3. The highest BCUT2D eigenvalue weighted by Gasteiger charge is 2.45. The minimum atomic E-state index is -4.45. The first-order chi connectivity index (χ1) is 14.3. The fourth-order valence-electron chi connectivity index (χ4n) is 3.67. The molecule has 152 valence electrons. The molecular formula is C22H15ClF3N3O. The summed E-state index contributed by atoms with van der Waals surface area (Å²) in [7, 11) is 0. The number of hydrogen-bond donors (Lipinski definition) is 1. The fraction of sp³-hybridized carbons (Fsp3) is 0.182. The SMILES string of the molecule is FC(F)(F)c1ccc(-c2ccc(C3(c4nc5ccc(Cl)cc5[nH]4)COC3)cc2)cn1. The van der Waals surface area contributed by atoms with Crippen molar-refractivity contribution in [2.24, 2.45) is 0 Å². The first-order valence-corrected chi connectivity index (χ1v) is 9.61. The zero-order chi connectivity index (χ0) is 20.9. The van der Waals surface area contributed by atoms with Crippen molar-refractivity contribution in [2.45, 2.75) is 11.6 Å². The number of halogens is 4. The number of hydrogen-bond acceptors (Lipinski definition) is 3. The molecule has 1 N–H and O–H groups in total. The number of nitrogens with one attached hydrogen (secondary N) is 1. The van der Waals surface area contributed by atoms with Gasteiger partial charge in [-0.25, -0.2) is 4.98 Å². The van der Waals surface area contributed by atoms with Crippen molar-refractivity contribution in [1.29, 1.82) is 0 Å². The molecule has 0 saturated carbocycles. The van der Waals surface area contributed by atoms with E-state index in [4.69, 9.17) is 21.3 Å². The highest BCUT2D eigenvalue weighted by Crippen LogP contribution is 2.39. The molecule has 0 radical (unpaired) electrons. The second kappa shape index (κ2) is 6.82. The predicted molar refractivity (Wildman–Crippen MR) is 107 cm³/mol. The van der Waals surface area contributed by atoms with Crippen LogP contribution in [-0.2, 0) is 16.3 Å². The largest absolute Gasteiger partial charge is 0.433 e. The number of pyridine rings is 1. The molecule has 1 saturated heterocycles. The van der Waals surface area contributed by atoms with E-state index in [-0.39, 0.29) is 0 Å². The van der Waals surface area contributed by atoms with Gasteiger partial charge >= 0.3 is 6.18 Å². The minimum absolute atomic E-state index is 0.400. The second-order valence-electron chi connectivity index (χ2n) is 7.33. The summed E-state index contributed by atoms with van der Waals surface area (Å²) >= 11 is 6.08. The van der Waals surface area contributed by atoms with Gasteiger partial charge in [-0.1, -0.05) is 41.9 Å². The molecule has 5 rings (SSSR count). The maximum atomic E-state index is 12.7. The Balaban J connectivity index is 1.47. The van der Waals surface area contributed by atoms with Crippen LogP contribution in [0.2, 0.25) is 5.02 Å². The third kappa shape index (κ3) is 3.14. The lowest BCUT2D eigenvalue weighted by Crippen LogP contribution is -2.48. The first kappa shape index (κ1) is 19.1. The molecule has 2 aromatic heterocycles. The molecule has 0 unspecified atom stereocenters. The molecule has 3 heterocycles. The van der Waals surface area contributed by atoms with Crippen molar-refractivity contribution in [1.82, 2.24) is 15.0 Å².